The molecular weight excluding hydrogens is 404 g/mol. The second-order valence-corrected chi connectivity index (χ2v) is 9.09. The molecule has 9 heteroatoms. The van der Waals surface area contributed by atoms with Crippen molar-refractivity contribution in [2.24, 2.45) is 0 Å². The van der Waals surface area contributed by atoms with E-state index < -0.39 is 26.4 Å². The van der Waals surface area contributed by atoms with Crippen molar-refractivity contribution in [2.75, 3.05) is 12.3 Å². The zero-order valence-electron chi connectivity index (χ0n) is 13.3. The third-order valence-corrected chi connectivity index (χ3v) is 6.88. The molecular formula is C17H14ClF2NO3S2. The van der Waals surface area contributed by atoms with Crippen molar-refractivity contribution in [3.8, 4) is 0 Å². The van der Waals surface area contributed by atoms with Crippen molar-refractivity contribution in [3.63, 3.8) is 0 Å². The van der Waals surface area contributed by atoms with Crippen molar-refractivity contribution < 1.29 is 22.0 Å². The zero-order chi connectivity index (χ0) is 18.9. The molecule has 0 bridgehead atoms. The fourth-order valence-corrected chi connectivity index (χ4v) is 5.12. The summed E-state index contributed by atoms with van der Waals surface area (Å²) in [7, 11) is -4.88. The maximum Gasteiger partial charge on any atom is 0.341 e. The lowest BCUT2D eigenvalue weighted by molar-refractivity contribution is 0.0756. The van der Waals surface area contributed by atoms with Crippen LogP contribution in [0.2, 0.25) is 5.02 Å². The van der Waals surface area contributed by atoms with Crippen LogP contribution in [0.5, 0.6) is 0 Å². The molecule has 1 fully saturated rings. The number of nitrogens with zero attached hydrogens (tertiary/aromatic N) is 1. The number of carbonyl (C=O) groups excluding carboxylic acids is 1. The van der Waals surface area contributed by atoms with Gasteiger partial charge in [0, 0.05) is 17.3 Å². The Bertz CT molecular complexity index is 937. The molecule has 2 aromatic rings. The first-order chi connectivity index (χ1) is 12.3. The molecule has 0 radical (unpaired) electrons. The second-order valence-electron chi connectivity index (χ2n) is 5.58. The summed E-state index contributed by atoms with van der Waals surface area (Å²) >= 11 is 7.52. The first-order valence-corrected chi connectivity index (χ1v) is 10.6. The molecule has 0 N–H and O–H groups in total. The third kappa shape index (κ3) is 3.58. The SMILES string of the molecule is O=C(c1ccccc1S(=O)(=O)C(F)F)N1CCSC1c1cccc(Cl)c1. The van der Waals surface area contributed by atoms with Crippen LogP contribution in [0.25, 0.3) is 0 Å². The number of hydrogen-bond donors (Lipinski definition) is 0. The molecule has 0 saturated carbocycles. The van der Waals surface area contributed by atoms with Crippen molar-refractivity contribution in [2.45, 2.75) is 16.0 Å². The minimum absolute atomic E-state index is 0.248. The number of benzene rings is 2. The summed E-state index contributed by atoms with van der Waals surface area (Å²) in [4.78, 5) is 13.8. The summed E-state index contributed by atoms with van der Waals surface area (Å²) in [5, 5.41) is 0.159. The Hall–Kier alpha value is -1.64. The highest BCUT2D eigenvalue weighted by Gasteiger charge is 2.36. The van der Waals surface area contributed by atoms with Gasteiger partial charge >= 0.3 is 5.76 Å². The van der Waals surface area contributed by atoms with Gasteiger partial charge in [0.15, 0.2) is 0 Å². The first kappa shape index (κ1) is 19.1. The lowest BCUT2D eigenvalue weighted by Crippen LogP contribution is -2.32. The van der Waals surface area contributed by atoms with Crippen molar-refractivity contribution >= 4 is 39.1 Å². The summed E-state index contributed by atoms with van der Waals surface area (Å²) in [5.74, 6) is -3.54. The molecule has 138 valence electrons. The van der Waals surface area contributed by atoms with Crippen LogP contribution in [-0.2, 0) is 9.84 Å². The molecule has 0 aliphatic carbocycles. The van der Waals surface area contributed by atoms with E-state index in [1.807, 2.05) is 6.07 Å². The summed E-state index contributed by atoms with van der Waals surface area (Å²) in [5.41, 5.74) is 0.546. The molecule has 1 aliphatic rings. The van der Waals surface area contributed by atoms with Gasteiger partial charge in [0.2, 0.25) is 9.84 Å². The van der Waals surface area contributed by atoms with E-state index in [1.165, 1.54) is 34.9 Å². The van der Waals surface area contributed by atoms with Crippen molar-refractivity contribution in [1.82, 2.24) is 4.90 Å². The molecule has 1 unspecified atom stereocenters. The van der Waals surface area contributed by atoms with Crippen LogP contribution in [0.3, 0.4) is 0 Å². The van der Waals surface area contributed by atoms with E-state index in [4.69, 9.17) is 11.6 Å². The Labute approximate surface area is 159 Å². The molecule has 3 rings (SSSR count). The van der Waals surface area contributed by atoms with Crippen LogP contribution in [0.4, 0.5) is 8.78 Å². The number of thioether (sulfide) groups is 1. The van der Waals surface area contributed by atoms with E-state index in [0.717, 1.165) is 11.6 Å². The highest BCUT2D eigenvalue weighted by molar-refractivity contribution is 7.99. The number of hydrogen-bond acceptors (Lipinski definition) is 4. The number of halogens is 3. The third-order valence-electron chi connectivity index (χ3n) is 3.94. The van der Waals surface area contributed by atoms with Gasteiger partial charge in [-0.1, -0.05) is 35.9 Å². The summed E-state index contributed by atoms with van der Waals surface area (Å²) in [6, 6.07) is 12.1. The Morgan fingerprint density at radius 3 is 2.62 bits per heavy atom. The second kappa shape index (κ2) is 7.54. The number of alkyl halides is 2. The molecule has 1 aliphatic heterocycles. The minimum Gasteiger partial charge on any atom is -0.322 e. The van der Waals surface area contributed by atoms with Gasteiger partial charge < -0.3 is 4.90 Å². The molecule has 0 spiro atoms. The Morgan fingerprint density at radius 2 is 1.92 bits per heavy atom. The summed E-state index contributed by atoms with van der Waals surface area (Å²) < 4.78 is 49.8. The maximum atomic E-state index is 13.0. The van der Waals surface area contributed by atoms with Gasteiger partial charge in [-0.25, -0.2) is 8.42 Å². The predicted molar refractivity (Wildman–Crippen MR) is 97.3 cm³/mol. The van der Waals surface area contributed by atoms with E-state index in [0.29, 0.717) is 17.3 Å². The average Bonchev–Trinajstić information content (AvgIpc) is 3.10. The number of amides is 1. The molecule has 0 aromatic heterocycles. The highest BCUT2D eigenvalue weighted by atomic mass is 35.5. The van der Waals surface area contributed by atoms with Crippen LogP contribution in [0.15, 0.2) is 53.4 Å². The van der Waals surface area contributed by atoms with Gasteiger partial charge in [0.25, 0.3) is 5.91 Å². The van der Waals surface area contributed by atoms with Crippen molar-refractivity contribution in [1.29, 1.82) is 0 Å². The average molecular weight is 418 g/mol. The number of sulfone groups is 1. The van der Waals surface area contributed by atoms with Crippen molar-refractivity contribution in [3.05, 3.63) is 64.7 Å². The van der Waals surface area contributed by atoms with Gasteiger partial charge in [0.05, 0.1) is 10.5 Å². The minimum atomic E-state index is -4.88. The molecule has 1 saturated heterocycles. The zero-order valence-corrected chi connectivity index (χ0v) is 15.7. The molecule has 1 amide bonds. The van der Waals surface area contributed by atoms with E-state index in [9.17, 15) is 22.0 Å². The topological polar surface area (TPSA) is 54.5 Å². The molecule has 26 heavy (non-hydrogen) atoms. The standard InChI is InChI=1S/C17H14ClF2NO3S2/c18-12-5-3-4-11(10-12)16-21(8-9-25-16)15(22)13-6-1-2-7-14(13)26(23,24)17(19)20/h1-7,10,16-17H,8-9H2. The normalized spacial score (nSPS) is 17.7. The Balaban J connectivity index is 2.00. The smallest absolute Gasteiger partial charge is 0.322 e. The molecule has 1 heterocycles. The van der Waals surface area contributed by atoms with E-state index in [1.54, 1.807) is 18.2 Å². The van der Waals surface area contributed by atoms with Crippen LogP contribution >= 0.6 is 23.4 Å². The van der Waals surface area contributed by atoms with Gasteiger partial charge in [0.1, 0.15) is 5.37 Å². The van der Waals surface area contributed by atoms with Gasteiger partial charge in [-0.3, -0.25) is 4.79 Å². The van der Waals surface area contributed by atoms with Crippen LogP contribution in [0, 0.1) is 0 Å². The first-order valence-electron chi connectivity index (χ1n) is 7.61. The fourth-order valence-electron chi connectivity index (χ4n) is 2.76. The van der Waals surface area contributed by atoms with Crippen LogP contribution < -0.4 is 0 Å². The summed E-state index contributed by atoms with van der Waals surface area (Å²) in [6.45, 7) is 0.379. The van der Waals surface area contributed by atoms with Gasteiger partial charge in [-0.05, 0) is 29.8 Å². The van der Waals surface area contributed by atoms with Gasteiger partial charge in [-0.2, -0.15) is 8.78 Å². The van der Waals surface area contributed by atoms with Crippen LogP contribution in [0.1, 0.15) is 21.3 Å². The lowest BCUT2D eigenvalue weighted by Gasteiger charge is -2.25. The molecule has 1 atom stereocenters. The highest BCUT2D eigenvalue weighted by Crippen LogP contribution is 2.40. The number of carbonyl (C=O) groups is 1. The van der Waals surface area contributed by atoms with E-state index in [2.05, 4.69) is 0 Å². The largest absolute Gasteiger partial charge is 0.341 e. The molecule has 2 aromatic carbocycles. The maximum absolute atomic E-state index is 13.0. The van der Waals surface area contributed by atoms with Crippen LogP contribution in [-0.4, -0.2) is 37.3 Å². The Morgan fingerprint density at radius 1 is 1.19 bits per heavy atom. The lowest BCUT2D eigenvalue weighted by atomic mass is 10.1. The van der Waals surface area contributed by atoms with Gasteiger partial charge in [-0.15, -0.1) is 11.8 Å². The Kier molecular flexibility index (Phi) is 5.55. The molecule has 4 nitrogen and oxygen atoms in total. The predicted octanol–water partition coefficient (Wildman–Crippen LogP) is 4.22. The summed E-state index contributed by atoms with van der Waals surface area (Å²) in [6.07, 6.45) is 0. The quantitative estimate of drug-likeness (QED) is 0.747. The fraction of sp³-hybridized carbons (Fsp3) is 0.235. The van der Waals surface area contributed by atoms with E-state index >= 15 is 0 Å². The number of rotatable bonds is 4. The monoisotopic (exact) mass is 417 g/mol. The van der Waals surface area contributed by atoms with E-state index in [-0.39, 0.29) is 10.9 Å².